The highest BCUT2D eigenvalue weighted by molar-refractivity contribution is 5.79. The monoisotopic (exact) mass is 312 g/mol. The zero-order chi connectivity index (χ0) is 15.7. The molecule has 2 aliphatic carbocycles. The maximum absolute atomic E-state index is 12.4. The number of aliphatic hydroxyl groups excluding tert-OH is 2. The SMILES string of the molecule is CC(C)[C@@]1(O)[C@@H]2C(=O)O[C@H]1[C@@H](O)[C@]1(CO)[C@H]2[C@H]2O[C@H]2[C@]12CO2. The number of aliphatic hydroxyl groups is 3. The van der Waals surface area contributed by atoms with E-state index in [0.717, 1.165) is 0 Å². The molecule has 22 heavy (non-hydrogen) atoms. The van der Waals surface area contributed by atoms with Gasteiger partial charge in [0.1, 0.15) is 23.4 Å². The van der Waals surface area contributed by atoms with E-state index in [9.17, 15) is 20.1 Å². The van der Waals surface area contributed by atoms with Crippen LogP contribution in [0.15, 0.2) is 0 Å². The quantitative estimate of drug-likeness (QED) is 0.417. The van der Waals surface area contributed by atoms with Crippen LogP contribution in [0.4, 0.5) is 0 Å². The summed E-state index contributed by atoms with van der Waals surface area (Å²) in [4.78, 5) is 12.4. The van der Waals surface area contributed by atoms with Crippen molar-refractivity contribution in [2.24, 2.45) is 23.2 Å². The number of fused-ring (bicyclic) bond motifs is 8. The summed E-state index contributed by atoms with van der Waals surface area (Å²) >= 11 is 0. The van der Waals surface area contributed by atoms with Crippen molar-refractivity contribution in [2.75, 3.05) is 13.2 Å². The molecule has 122 valence electrons. The smallest absolute Gasteiger partial charge is 0.312 e. The van der Waals surface area contributed by atoms with Crippen LogP contribution in [-0.2, 0) is 19.0 Å². The molecule has 1 spiro atoms. The average Bonchev–Trinajstić information content (AvgIpc) is 3.32. The number of hydrogen-bond donors (Lipinski definition) is 3. The first-order valence-electron chi connectivity index (χ1n) is 7.87. The van der Waals surface area contributed by atoms with Crippen LogP contribution >= 0.6 is 0 Å². The first kappa shape index (κ1) is 13.7. The maximum Gasteiger partial charge on any atom is 0.312 e. The van der Waals surface area contributed by atoms with Crippen LogP contribution in [0.1, 0.15) is 13.8 Å². The van der Waals surface area contributed by atoms with Crippen LogP contribution in [-0.4, -0.2) is 70.1 Å². The highest BCUT2D eigenvalue weighted by atomic mass is 16.7. The number of rotatable bonds is 2. The van der Waals surface area contributed by atoms with Crippen molar-refractivity contribution in [1.82, 2.24) is 0 Å². The Morgan fingerprint density at radius 3 is 2.59 bits per heavy atom. The van der Waals surface area contributed by atoms with E-state index in [1.165, 1.54) is 0 Å². The molecule has 2 bridgehead atoms. The van der Waals surface area contributed by atoms with Crippen LogP contribution in [0.25, 0.3) is 0 Å². The van der Waals surface area contributed by atoms with Crippen molar-refractivity contribution in [3.8, 4) is 0 Å². The number of esters is 1. The second kappa shape index (κ2) is 3.52. The number of hydrogen-bond acceptors (Lipinski definition) is 7. The molecule has 5 rings (SSSR count). The number of ether oxygens (including phenoxy) is 3. The van der Waals surface area contributed by atoms with Gasteiger partial charge in [-0.2, -0.15) is 0 Å². The van der Waals surface area contributed by atoms with Crippen molar-refractivity contribution in [1.29, 1.82) is 0 Å². The summed E-state index contributed by atoms with van der Waals surface area (Å²) in [6.07, 6.45) is -2.68. The van der Waals surface area contributed by atoms with Gasteiger partial charge in [-0.25, -0.2) is 0 Å². The number of epoxide rings is 2. The highest BCUT2D eigenvalue weighted by Crippen LogP contribution is 2.74. The van der Waals surface area contributed by atoms with Crippen molar-refractivity contribution >= 4 is 5.97 Å². The molecule has 0 unspecified atom stereocenters. The molecule has 7 nitrogen and oxygen atoms in total. The standard InChI is InChI=1S/C15H20O7/c1-5(2)15(19)7-6-8-10(21-8)14(4-20-14)13(6,3-16)9(17)11(15)22-12(7)18/h5-11,16-17,19H,3-4H2,1-2H3/t6-,7+,8-,9-,10-,11+,13+,14-,15-/m1/s1. The third-order valence-electron chi connectivity index (χ3n) is 6.99. The maximum atomic E-state index is 12.4. The molecule has 0 aromatic rings. The van der Waals surface area contributed by atoms with Crippen LogP contribution in [0.2, 0.25) is 0 Å². The van der Waals surface area contributed by atoms with E-state index in [2.05, 4.69) is 0 Å². The molecule has 0 aromatic heterocycles. The minimum atomic E-state index is -1.45. The van der Waals surface area contributed by atoms with Gasteiger partial charge in [-0.1, -0.05) is 13.8 Å². The lowest BCUT2D eigenvalue weighted by Gasteiger charge is -2.54. The van der Waals surface area contributed by atoms with Gasteiger partial charge in [0.25, 0.3) is 0 Å². The van der Waals surface area contributed by atoms with E-state index in [4.69, 9.17) is 14.2 Å². The number of carbonyl (C=O) groups excluding carboxylic acids is 1. The van der Waals surface area contributed by atoms with Gasteiger partial charge < -0.3 is 29.5 Å². The molecule has 3 saturated heterocycles. The van der Waals surface area contributed by atoms with Crippen LogP contribution in [0.5, 0.6) is 0 Å². The van der Waals surface area contributed by atoms with Gasteiger partial charge >= 0.3 is 5.97 Å². The molecule has 0 aromatic carbocycles. The predicted molar refractivity (Wildman–Crippen MR) is 69.5 cm³/mol. The topological polar surface area (TPSA) is 112 Å². The first-order chi connectivity index (χ1) is 10.4. The molecule has 2 saturated carbocycles. The van der Waals surface area contributed by atoms with Crippen LogP contribution in [0, 0.1) is 23.2 Å². The van der Waals surface area contributed by atoms with Gasteiger partial charge in [0, 0.05) is 5.92 Å². The summed E-state index contributed by atoms with van der Waals surface area (Å²) in [6.45, 7) is 3.71. The Balaban J connectivity index is 1.73. The van der Waals surface area contributed by atoms with E-state index in [1.807, 2.05) is 13.8 Å². The second-order valence-electron chi connectivity index (χ2n) is 7.75. The Morgan fingerprint density at radius 1 is 1.36 bits per heavy atom. The van der Waals surface area contributed by atoms with Crippen molar-refractivity contribution in [3.63, 3.8) is 0 Å². The molecule has 7 heteroatoms. The third-order valence-corrected chi connectivity index (χ3v) is 6.99. The summed E-state index contributed by atoms with van der Waals surface area (Å²) in [5, 5.41) is 32.3. The zero-order valence-corrected chi connectivity index (χ0v) is 12.4. The molecular formula is C15H20O7. The average molecular weight is 312 g/mol. The summed E-state index contributed by atoms with van der Waals surface area (Å²) in [5.41, 5.74) is -3.18. The summed E-state index contributed by atoms with van der Waals surface area (Å²) < 4.78 is 16.7. The molecular weight excluding hydrogens is 292 g/mol. The van der Waals surface area contributed by atoms with Gasteiger partial charge in [-0.3, -0.25) is 4.79 Å². The Bertz CT molecular complexity index is 572. The van der Waals surface area contributed by atoms with Crippen LogP contribution < -0.4 is 0 Å². The summed E-state index contributed by atoms with van der Waals surface area (Å²) in [7, 11) is 0. The molecule has 5 aliphatic rings. The summed E-state index contributed by atoms with van der Waals surface area (Å²) in [6, 6.07) is 0. The summed E-state index contributed by atoms with van der Waals surface area (Å²) in [5.74, 6) is -2.06. The van der Waals surface area contributed by atoms with E-state index < -0.39 is 46.6 Å². The molecule has 3 N–H and O–H groups in total. The van der Waals surface area contributed by atoms with Crippen LogP contribution in [0.3, 0.4) is 0 Å². The van der Waals surface area contributed by atoms with Gasteiger partial charge in [0.05, 0.1) is 30.7 Å². The Kier molecular flexibility index (Phi) is 2.19. The molecule has 5 fully saturated rings. The third kappa shape index (κ3) is 1.05. The van der Waals surface area contributed by atoms with E-state index in [-0.39, 0.29) is 24.7 Å². The first-order valence-corrected chi connectivity index (χ1v) is 7.87. The lowest BCUT2D eigenvalue weighted by atomic mass is 9.52. The predicted octanol–water partition coefficient (Wildman–Crippen LogP) is -1.57. The fraction of sp³-hybridized carbons (Fsp3) is 0.933. The largest absolute Gasteiger partial charge is 0.456 e. The minimum absolute atomic E-state index is 0.206. The van der Waals surface area contributed by atoms with Gasteiger partial charge in [0.15, 0.2) is 6.10 Å². The Labute approximate surface area is 127 Å². The molecule has 9 atom stereocenters. The molecule has 3 aliphatic heterocycles. The fourth-order valence-corrected chi connectivity index (χ4v) is 5.76. The van der Waals surface area contributed by atoms with Gasteiger partial charge in [0.2, 0.25) is 0 Å². The fourth-order valence-electron chi connectivity index (χ4n) is 5.76. The van der Waals surface area contributed by atoms with Gasteiger partial charge in [-0.15, -0.1) is 0 Å². The normalized spacial score (nSPS) is 63.8. The lowest BCUT2D eigenvalue weighted by Crippen LogP contribution is -2.71. The van der Waals surface area contributed by atoms with Crippen molar-refractivity contribution in [3.05, 3.63) is 0 Å². The van der Waals surface area contributed by atoms with Crippen molar-refractivity contribution < 1.29 is 34.3 Å². The molecule has 0 radical (unpaired) electrons. The van der Waals surface area contributed by atoms with Gasteiger partial charge in [-0.05, 0) is 5.92 Å². The lowest BCUT2D eigenvalue weighted by molar-refractivity contribution is -0.241. The van der Waals surface area contributed by atoms with E-state index in [0.29, 0.717) is 6.61 Å². The van der Waals surface area contributed by atoms with E-state index >= 15 is 0 Å². The minimum Gasteiger partial charge on any atom is -0.456 e. The number of carbonyl (C=O) groups is 1. The van der Waals surface area contributed by atoms with Crippen molar-refractivity contribution in [2.45, 2.75) is 49.5 Å². The van der Waals surface area contributed by atoms with E-state index in [1.54, 1.807) is 0 Å². The molecule has 0 amide bonds. The zero-order valence-electron chi connectivity index (χ0n) is 12.4. The highest BCUT2D eigenvalue weighted by Gasteiger charge is 2.91. The molecule has 3 heterocycles. The second-order valence-corrected chi connectivity index (χ2v) is 7.75. The Morgan fingerprint density at radius 2 is 2.05 bits per heavy atom. The Hall–Kier alpha value is -0.730.